The van der Waals surface area contributed by atoms with Crippen LogP contribution in [-0.2, 0) is 13.9 Å². The highest BCUT2D eigenvalue weighted by Crippen LogP contribution is 2.40. The molecule has 0 aromatic carbocycles. The number of nitrogens with one attached hydrogen (secondary N) is 2. The molecule has 2 aromatic rings. The summed E-state index contributed by atoms with van der Waals surface area (Å²) in [7, 11) is -2.79. The van der Waals surface area contributed by atoms with Gasteiger partial charge in [-0.05, 0) is 32.5 Å². The highest BCUT2D eigenvalue weighted by Gasteiger charge is 2.41. The van der Waals surface area contributed by atoms with Gasteiger partial charge in [-0.2, -0.15) is 4.98 Å². The van der Waals surface area contributed by atoms with E-state index in [2.05, 4.69) is 45.9 Å². The van der Waals surface area contributed by atoms with E-state index in [0.29, 0.717) is 12.8 Å². The van der Waals surface area contributed by atoms with E-state index in [0.717, 1.165) is 0 Å². The molecule has 1 aliphatic carbocycles. The molecule has 0 radical (unpaired) electrons. The number of aliphatic hydroxyl groups is 1. The Morgan fingerprint density at radius 3 is 2.47 bits per heavy atom. The van der Waals surface area contributed by atoms with E-state index in [1.54, 1.807) is 18.4 Å². The van der Waals surface area contributed by atoms with E-state index < -0.39 is 19.9 Å². The fraction of sp³-hybridized carbons (Fsp3) is 0.714. The van der Waals surface area contributed by atoms with E-state index in [1.807, 2.05) is 0 Å². The lowest BCUT2D eigenvalue weighted by Crippen LogP contribution is -2.22. The maximum atomic E-state index is 12.3. The molecule has 1 fully saturated rings. The number of aliphatic hydroxyl groups excluding tert-OH is 1. The van der Waals surface area contributed by atoms with Crippen molar-refractivity contribution in [1.82, 2.24) is 24.4 Å². The Hall–Kier alpha value is -2.24. The Balaban J connectivity index is 0.000000509. The number of aromatic nitrogens is 4. The number of hydrogen-bond donors (Lipinski definition) is 4. The number of imidazole rings is 1. The number of carbonyl (C=O) groups excluding carboxylic acids is 1. The molecule has 1 aliphatic rings. The summed E-state index contributed by atoms with van der Waals surface area (Å²) >= 11 is 0. The lowest BCUT2D eigenvalue weighted by molar-refractivity contribution is -0.118. The minimum absolute atomic E-state index is 0.0240. The summed E-state index contributed by atoms with van der Waals surface area (Å²) in [5.74, 6) is -0.865. The van der Waals surface area contributed by atoms with E-state index in [9.17, 15) is 19.3 Å². The lowest BCUT2D eigenvalue weighted by Gasteiger charge is -2.13. The monoisotopic (exact) mass is 499 g/mol. The first kappa shape index (κ1) is 28.0. The van der Waals surface area contributed by atoms with Crippen LogP contribution < -0.4 is 10.9 Å². The van der Waals surface area contributed by atoms with Crippen LogP contribution in [0.4, 0.5) is 5.95 Å². The second-order valence-electron chi connectivity index (χ2n) is 8.45. The molecule has 13 heteroatoms. The molecule has 1 unspecified atom stereocenters. The maximum Gasteiger partial charge on any atom is 0.695 e. The zero-order valence-corrected chi connectivity index (χ0v) is 21.3. The van der Waals surface area contributed by atoms with Gasteiger partial charge in [0.05, 0.1) is 6.33 Å². The molecule has 34 heavy (non-hydrogen) atoms. The zero-order valence-electron chi connectivity index (χ0n) is 20.4. The SMILES string of the molecule is CC(C)C(=O)Nc1nc2c(ncn2[C@@H]2C[C@H](CO)[C@@H](O[P+](=O)O)C2)c(=O)[nH]1.CCN(CC)CC. The van der Waals surface area contributed by atoms with Crippen molar-refractivity contribution in [3.63, 3.8) is 0 Å². The number of hydrogen-bond acceptors (Lipinski definition) is 8. The van der Waals surface area contributed by atoms with Crippen LogP contribution in [0.25, 0.3) is 11.2 Å². The second kappa shape index (κ2) is 13.0. The number of anilines is 1. The van der Waals surface area contributed by atoms with Crippen LogP contribution >= 0.6 is 8.25 Å². The summed E-state index contributed by atoms with van der Waals surface area (Å²) in [4.78, 5) is 46.4. The Morgan fingerprint density at radius 2 is 1.97 bits per heavy atom. The Labute approximate surface area is 199 Å². The molecule has 0 saturated heterocycles. The summed E-state index contributed by atoms with van der Waals surface area (Å²) in [5.41, 5.74) is -0.0787. The van der Waals surface area contributed by atoms with Crippen molar-refractivity contribution >= 4 is 31.3 Å². The first-order valence-electron chi connectivity index (χ1n) is 11.6. The summed E-state index contributed by atoms with van der Waals surface area (Å²) < 4.78 is 17.7. The van der Waals surface area contributed by atoms with Gasteiger partial charge in [-0.1, -0.05) is 34.6 Å². The van der Waals surface area contributed by atoms with Crippen molar-refractivity contribution in [1.29, 1.82) is 0 Å². The van der Waals surface area contributed by atoms with Crippen molar-refractivity contribution in [3.05, 3.63) is 16.7 Å². The molecule has 12 nitrogen and oxygen atoms in total. The van der Waals surface area contributed by atoms with Crippen molar-refractivity contribution in [2.45, 2.75) is 59.6 Å². The minimum atomic E-state index is -2.79. The molecule has 2 aromatic heterocycles. The van der Waals surface area contributed by atoms with Gasteiger partial charge in [-0.25, -0.2) is 4.98 Å². The molecular formula is C21H36N6O6P+. The average Bonchev–Trinajstić information content (AvgIpc) is 3.39. The normalized spacial score (nSPS) is 20.5. The van der Waals surface area contributed by atoms with Gasteiger partial charge in [0, 0.05) is 29.0 Å². The van der Waals surface area contributed by atoms with Crippen LogP contribution in [0.5, 0.6) is 0 Å². The van der Waals surface area contributed by atoms with Crippen molar-refractivity contribution in [3.8, 4) is 0 Å². The molecule has 1 amide bonds. The molecule has 190 valence electrons. The lowest BCUT2D eigenvalue weighted by atomic mass is 10.1. The van der Waals surface area contributed by atoms with Gasteiger partial charge in [0.2, 0.25) is 11.9 Å². The predicted octanol–water partition coefficient (Wildman–Crippen LogP) is 2.04. The molecule has 0 bridgehead atoms. The largest absolute Gasteiger partial charge is 0.695 e. The van der Waals surface area contributed by atoms with Crippen LogP contribution in [0.3, 0.4) is 0 Å². The van der Waals surface area contributed by atoms with Gasteiger partial charge in [-0.3, -0.25) is 19.9 Å². The fourth-order valence-electron chi connectivity index (χ4n) is 3.91. The summed E-state index contributed by atoms with van der Waals surface area (Å²) in [6.45, 7) is 13.4. The topological polar surface area (TPSA) is 163 Å². The third-order valence-corrected chi connectivity index (χ3v) is 6.45. The van der Waals surface area contributed by atoms with Crippen LogP contribution in [0.15, 0.2) is 11.1 Å². The van der Waals surface area contributed by atoms with Gasteiger partial charge in [0.15, 0.2) is 11.2 Å². The maximum absolute atomic E-state index is 12.3. The number of fused-ring (bicyclic) bond motifs is 1. The summed E-state index contributed by atoms with van der Waals surface area (Å²) in [5, 5.41) is 12.1. The molecule has 4 N–H and O–H groups in total. The van der Waals surface area contributed by atoms with E-state index in [-0.39, 0.29) is 47.5 Å². The smallest absolute Gasteiger partial charge is 0.396 e. The van der Waals surface area contributed by atoms with E-state index in [1.165, 1.54) is 26.0 Å². The molecule has 0 aliphatic heterocycles. The highest BCUT2D eigenvalue weighted by atomic mass is 31.1. The standard InChI is InChI=1S/C15H20N5O6P.C6H15N/c1-7(2)13(22)18-15-17-12-11(14(23)19-15)16-6-20(12)9-3-8(5-21)10(4-9)26-27(24)25;1-4-7(5-2)6-3/h6-10,21H,3-5H2,1-2H3,(H2-,17,18,19,22,23,24,25);4-6H2,1-3H3/p+1/t8-,9-,10+;/m1./s1. The Bertz CT molecular complexity index is 1020. The molecule has 3 rings (SSSR count). The van der Waals surface area contributed by atoms with Gasteiger partial charge >= 0.3 is 8.25 Å². The number of carbonyl (C=O) groups is 1. The van der Waals surface area contributed by atoms with Crippen LogP contribution in [0.2, 0.25) is 0 Å². The van der Waals surface area contributed by atoms with Gasteiger partial charge in [0.1, 0.15) is 6.10 Å². The van der Waals surface area contributed by atoms with Crippen molar-refractivity contribution in [2.24, 2.45) is 11.8 Å². The average molecular weight is 500 g/mol. The number of aromatic amines is 1. The molecular weight excluding hydrogens is 463 g/mol. The number of amides is 1. The number of nitrogens with zero attached hydrogens (tertiary/aromatic N) is 4. The number of rotatable bonds is 9. The third kappa shape index (κ3) is 7.13. The van der Waals surface area contributed by atoms with Gasteiger partial charge < -0.3 is 14.6 Å². The second-order valence-corrected chi connectivity index (χ2v) is 9.14. The fourth-order valence-corrected chi connectivity index (χ4v) is 4.40. The zero-order chi connectivity index (χ0) is 25.4. The highest BCUT2D eigenvalue weighted by molar-refractivity contribution is 7.32. The Kier molecular flexibility index (Phi) is 10.7. The first-order valence-corrected chi connectivity index (χ1v) is 12.7. The molecule has 1 saturated carbocycles. The van der Waals surface area contributed by atoms with E-state index >= 15 is 0 Å². The van der Waals surface area contributed by atoms with Gasteiger partial charge in [-0.15, -0.1) is 9.42 Å². The minimum Gasteiger partial charge on any atom is -0.396 e. The van der Waals surface area contributed by atoms with E-state index in [4.69, 9.17) is 9.42 Å². The number of H-pyrrole nitrogens is 1. The predicted molar refractivity (Wildman–Crippen MR) is 129 cm³/mol. The van der Waals surface area contributed by atoms with Crippen LogP contribution in [0, 0.1) is 11.8 Å². The molecule has 0 spiro atoms. The summed E-state index contributed by atoms with van der Waals surface area (Å²) in [6, 6.07) is -0.227. The van der Waals surface area contributed by atoms with Gasteiger partial charge in [0.25, 0.3) is 5.56 Å². The quantitative estimate of drug-likeness (QED) is 0.378. The third-order valence-electron chi connectivity index (χ3n) is 6.00. The van der Waals surface area contributed by atoms with Crippen molar-refractivity contribution < 1.29 is 23.9 Å². The Morgan fingerprint density at radius 1 is 1.32 bits per heavy atom. The molecule has 2 heterocycles. The van der Waals surface area contributed by atoms with Crippen LogP contribution in [-0.4, -0.2) is 72.7 Å². The van der Waals surface area contributed by atoms with Crippen LogP contribution in [0.1, 0.15) is 53.5 Å². The first-order chi connectivity index (χ1) is 16.1. The summed E-state index contributed by atoms with van der Waals surface area (Å²) in [6.07, 6.45) is 1.70. The molecule has 4 atom stereocenters. The van der Waals surface area contributed by atoms with Crippen molar-refractivity contribution in [2.75, 3.05) is 31.6 Å².